The summed E-state index contributed by atoms with van der Waals surface area (Å²) < 4.78 is 18.5. The van der Waals surface area contributed by atoms with Gasteiger partial charge in [-0.3, -0.25) is 14.4 Å². The maximum absolute atomic E-state index is 13.4. The Morgan fingerprint density at radius 3 is 2.48 bits per heavy atom. The summed E-state index contributed by atoms with van der Waals surface area (Å²) in [6, 6.07) is 16.6. The second-order valence-corrected chi connectivity index (χ2v) is 8.49. The molecule has 0 saturated heterocycles. The van der Waals surface area contributed by atoms with Crippen molar-refractivity contribution >= 4 is 34.1 Å². The number of esters is 1. The van der Waals surface area contributed by atoms with Crippen LogP contribution in [0.2, 0.25) is 0 Å². The Balaban J connectivity index is 1.65. The normalized spacial score (nSPS) is 11.5. The van der Waals surface area contributed by atoms with Crippen molar-refractivity contribution < 1.29 is 23.5 Å². The minimum absolute atomic E-state index is 0.120. The second kappa shape index (κ2) is 11.4. The molecule has 0 aliphatic carbocycles. The molecule has 0 aliphatic rings. The number of carbonyl (C=O) groups excluding carboxylic acids is 3. The zero-order chi connectivity index (χ0) is 23.8. The van der Waals surface area contributed by atoms with Gasteiger partial charge < -0.3 is 15.4 Å². The highest BCUT2D eigenvalue weighted by atomic mass is 32.1. The zero-order valence-electron chi connectivity index (χ0n) is 18.4. The van der Waals surface area contributed by atoms with Crippen molar-refractivity contribution in [2.24, 2.45) is 5.92 Å². The fraction of sp³-hybridized carbons (Fsp3) is 0.240. The Hall–Kier alpha value is -3.52. The van der Waals surface area contributed by atoms with Gasteiger partial charge in [0, 0.05) is 12.1 Å². The molecule has 1 heterocycles. The number of nitrogens with one attached hydrogen (secondary N) is 2. The second-order valence-electron chi connectivity index (χ2n) is 7.44. The predicted molar refractivity (Wildman–Crippen MR) is 126 cm³/mol. The van der Waals surface area contributed by atoms with E-state index in [1.807, 2.05) is 30.3 Å². The third kappa shape index (κ3) is 6.73. The Morgan fingerprint density at radius 2 is 1.79 bits per heavy atom. The van der Waals surface area contributed by atoms with Crippen molar-refractivity contribution in [2.75, 3.05) is 18.5 Å². The quantitative estimate of drug-likeness (QED) is 0.450. The molecule has 1 aromatic heterocycles. The van der Waals surface area contributed by atoms with Crippen LogP contribution in [0.1, 0.15) is 38.1 Å². The highest BCUT2D eigenvalue weighted by molar-refractivity contribution is 7.18. The van der Waals surface area contributed by atoms with Crippen LogP contribution in [0.5, 0.6) is 0 Å². The lowest BCUT2D eigenvalue weighted by Gasteiger charge is -2.16. The molecule has 0 spiro atoms. The third-order valence-corrected chi connectivity index (χ3v) is 6.05. The Labute approximate surface area is 195 Å². The topological polar surface area (TPSA) is 84.5 Å². The molecule has 0 saturated carbocycles. The molecule has 8 heteroatoms. The maximum atomic E-state index is 13.4. The van der Waals surface area contributed by atoms with E-state index in [0.717, 1.165) is 23.0 Å². The van der Waals surface area contributed by atoms with E-state index >= 15 is 0 Å². The number of ether oxygens (including phenoxy) is 1. The van der Waals surface area contributed by atoms with Crippen LogP contribution in [0.4, 0.5) is 9.39 Å². The number of amides is 2. The molecule has 0 bridgehead atoms. The molecular weight excluding hydrogens is 443 g/mol. The number of rotatable bonds is 9. The van der Waals surface area contributed by atoms with E-state index in [1.54, 1.807) is 19.9 Å². The van der Waals surface area contributed by atoms with Gasteiger partial charge in [-0.2, -0.15) is 0 Å². The zero-order valence-corrected chi connectivity index (χ0v) is 19.2. The van der Waals surface area contributed by atoms with Crippen molar-refractivity contribution in [1.29, 1.82) is 0 Å². The van der Waals surface area contributed by atoms with Crippen LogP contribution < -0.4 is 10.6 Å². The first-order valence-electron chi connectivity index (χ1n) is 10.5. The van der Waals surface area contributed by atoms with Gasteiger partial charge >= 0.3 is 5.97 Å². The molecule has 2 amide bonds. The first-order valence-corrected chi connectivity index (χ1v) is 11.3. The molecule has 2 aromatic carbocycles. The van der Waals surface area contributed by atoms with Crippen LogP contribution in [-0.4, -0.2) is 30.9 Å². The third-order valence-electron chi connectivity index (χ3n) is 4.90. The first kappa shape index (κ1) is 24.1. The number of carbonyl (C=O) groups is 3. The molecule has 0 radical (unpaired) electrons. The number of benzene rings is 2. The Bertz CT molecular complexity index is 1130. The number of thiophene rings is 1. The number of anilines is 1. The molecule has 1 unspecified atom stereocenters. The molecule has 0 aliphatic heterocycles. The van der Waals surface area contributed by atoms with Gasteiger partial charge in [0.2, 0.25) is 0 Å². The van der Waals surface area contributed by atoms with Gasteiger partial charge in [0.25, 0.3) is 11.8 Å². The highest BCUT2D eigenvalue weighted by Crippen LogP contribution is 2.27. The summed E-state index contributed by atoms with van der Waals surface area (Å²) in [7, 11) is 0. The predicted octanol–water partition coefficient (Wildman–Crippen LogP) is 4.60. The largest absolute Gasteiger partial charge is 0.466 e. The van der Waals surface area contributed by atoms with Crippen LogP contribution in [0, 0.1) is 18.7 Å². The van der Waals surface area contributed by atoms with Gasteiger partial charge in [-0.15, -0.1) is 11.3 Å². The average Bonchev–Trinajstić information content (AvgIpc) is 3.17. The van der Waals surface area contributed by atoms with E-state index < -0.39 is 17.6 Å². The van der Waals surface area contributed by atoms with Crippen LogP contribution in [0.15, 0.2) is 60.7 Å². The molecule has 6 nitrogen and oxygen atoms in total. The first-order chi connectivity index (χ1) is 15.9. The summed E-state index contributed by atoms with van der Waals surface area (Å²) in [5.74, 6) is -2.20. The van der Waals surface area contributed by atoms with Gasteiger partial charge in [-0.05, 0) is 55.7 Å². The number of hydrogen-bond acceptors (Lipinski definition) is 5. The lowest BCUT2D eigenvalue weighted by molar-refractivity contribution is -0.147. The Morgan fingerprint density at radius 1 is 1.03 bits per heavy atom. The van der Waals surface area contributed by atoms with Gasteiger partial charge in [0.05, 0.1) is 22.4 Å². The van der Waals surface area contributed by atoms with E-state index in [9.17, 15) is 18.8 Å². The van der Waals surface area contributed by atoms with Crippen molar-refractivity contribution in [1.82, 2.24) is 5.32 Å². The molecular formula is C25H25FN2O4S. The summed E-state index contributed by atoms with van der Waals surface area (Å²) in [5, 5.41) is 5.98. The van der Waals surface area contributed by atoms with Crippen molar-refractivity contribution in [3.8, 4) is 0 Å². The summed E-state index contributed by atoms with van der Waals surface area (Å²) in [6.07, 6.45) is 0.443. The molecule has 3 aromatic rings. The van der Waals surface area contributed by atoms with Crippen LogP contribution in [0.3, 0.4) is 0 Å². The van der Waals surface area contributed by atoms with Crippen LogP contribution in [0.25, 0.3) is 0 Å². The smallest absolute Gasteiger partial charge is 0.311 e. The van der Waals surface area contributed by atoms with Crippen LogP contribution >= 0.6 is 11.3 Å². The fourth-order valence-electron chi connectivity index (χ4n) is 3.28. The molecule has 1 atom stereocenters. The monoisotopic (exact) mass is 468 g/mol. The van der Waals surface area contributed by atoms with Gasteiger partial charge in [0.15, 0.2) is 0 Å². The van der Waals surface area contributed by atoms with E-state index in [1.165, 1.54) is 18.2 Å². The molecule has 3 rings (SSSR count). The van der Waals surface area contributed by atoms with Crippen molar-refractivity contribution in [2.45, 2.75) is 20.3 Å². The summed E-state index contributed by atoms with van der Waals surface area (Å²) in [6.45, 7) is 3.88. The van der Waals surface area contributed by atoms with E-state index in [-0.39, 0.29) is 30.6 Å². The van der Waals surface area contributed by atoms with Gasteiger partial charge in [-0.25, -0.2) is 4.39 Å². The number of aryl methyl sites for hydroxylation is 1. The molecule has 172 valence electrons. The summed E-state index contributed by atoms with van der Waals surface area (Å²) in [4.78, 5) is 38.0. The van der Waals surface area contributed by atoms with Crippen molar-refractivity contribution in [3.05, 3.63) is 88.0 Å². The highest BCUT2D eigenvalue weighted by Gasteiger charge is 2.23. The SMILES string of the molecule is CCOC(=O)C(CNC(=O)c1sc(NC(=O)c2cccc(F)c2)cc1C)Cc1ccccc1. The van der Waals surface area contributed by atoms with E-state index in [4.69, 9.17) is 4.74 Å². The lowest BCUT2D eigenvalue weighted by Crippen LogP contribution is -2.35. The average molecular weight is 469 g/mol. The van der Waals surface area contributed by atoms with E-state index in [2.05, 4.69) is 10.6 Å². The van der Waals surface area contributed by atoms with E-state index in [0.29, 0.717) is 21.9 Å². The number of hydrogen-bond donors (Lipinski definition) is 2. The molecule has 2 N–H and O–H groups in total. The van der Waals surface area contributed by atoms with Crippen molar-refractivity contribution in [3.63, 3.8) is 0 Å². The minimum Gasteiger partial charge on any atom is -0.466 e. The summed E-state index contributed by atoms with van der Waals surface area (Å²) in [5.41, 5.74) is 1.84. The fourth-order valence-corrected chi connectivity index (χ4v) is 4.26. The van der Waals surface area contributed by atoms with Gasteiger partial charge in [-0.1, -0.05) is 36.4 Å². The molecule has 33 heavy (non-hydrogen) atoms. The number of halogens is 1. The minimum atomic E-state index is -0.524. The standard InChI is InChI=1S/C25H25FN2O4S/c1-3-32-25(31)19(13-17-8-5-4-6-9-17)15-27-24(30)22-16(2)12-21(33-22)28-23(29)18-10-7-11-20(26)14-18/h4-12,14,19H,3,13,15H2,1-2H3,(H,27,30)(H,28,29). The van der Waals surface area contributed by atoms with Crippen LogP contribution in [-0.2, 0) is 16.0 Å². The maximum Gasteiger partial charge on any atom is 0.311 e. The Kier molecular flexibility index (Phi) is 8.32. The van der Waals surface area contributed by atoms with Gasteiger partial charge in [0.1, 0.15) is 5.82 Å². The molecule has 0 fully saturated rings. The summed E-state index contributed by atoms with van der Waals surface area (Å²) >= 11 is 1.12. The lowest BCUT2D eigenvalue weighted by atomic mass is 9.99.